The highest BCUT2D eigenvalue weighted by atomic mass is 16.4. The molecule has 5 heteroatoms. The summed E-state index contributed by atoms with van der Waals surface area (Å²) in [4.78, 5) is 23.9. The maximum Gasteiger partial charge on any atom is 0.320 e. The molecule has 0 bridgehead atoms. The molecule has 1 unspecified atom stereocenters. The SMILES string of the molecule is CC(C(=O)O)N(C)CC(=O)NCCC1=CCCCC1. The Kier molecular flexibility index (Phi) is 6.56. The van der Waals surface area contributed by atoms with Crippen LogP contribution in [0.25, 0.3) is 0 Å². The normalized spacial score (nSPS) is 16.9. The lowest BCUT2D eigenvalue weighted by atomic mass is 9.97. The summed E-state index contributed by atoms with van der Waals surface area (Å²) >= 11 is 0. The minimum atomic E-state index is -0.914. The van der Waals surface area contributed by atoms with Crippen LogP contribution in [0, 0.1) is 0 Å². The number of amides is 1. The number of carboxylic acids is 1. The molecule has 1 atom stereocenters. The smallest absolute Gasteiger partial charge is 0.320 e. The number of hydrogen-bond donors (Lipinski definition) is 2. The predicted molar refractivity (Wildman–Crippen MR) is 73.9 cm³/mol. The van der Waals surface area contributed by atoms with E-state index in [0.29, 0.717) is 6.54 Å². The number of hydrogen-bond acceptors (Lipinski definition) is 3. The maximum absolute atomic E-state index is 11.7. The monoisotopic (exact) mass is 268 g/mol. The molecular weight excluding hydrogens is 244 g/mol. The van der Waals surface area contributed by atoms with Crippen LogP contribution in [0.2, 0.25) is 0 Å². The van der Waals surface area contributed by atoms with Crippen molar-refractivity contribution in [3.8, 4) is 0 Å². The molecule has 0 aliphatic heterocycles. The van der Waals surface area contributed by atoms with Gasteiger partial charge in [-0.3, -0.25) is 14.5 Å². The third-order valence-corrected chi connectivity index (χ3v) is 3.56. The summed E-state index contributed by atoms with van der Waals surface area (Å²) in [6, 6.07) is -0.646. The van der Waals surface area contributed by atoms with Gasteiger partial charge in [0.2, 0.25) is 5.91 Å². The predicted octanol–water partition coefficient (Wildman–Crippen LogP) is 1.40. The highest BCUT2D eigenvalue weighted by Crippen LogP contribution is 2.19. The first kappa shape index (κ1) is 15.7. The third-order valence-electron chi connectivity index (χ3n) is 3.56. The van der Waals surface area contributed by atoms with Crippen LogP contribution in [-0.4, -0.2) is 48.1 Å². The third kappa shape index (κ3) is 5.87. The van der Waals surface area contributed by atoms with Crippen LogP contribution >= 0.6 is 0 Å². The molecule has 0 radical (unpaired) electrons. The Balaban J connectivity index is 2.20. The first-order valence-electron chi connectivity index (χ1n) is 6.88. The van der Waals surface area contributed by atoms with Gasteiger partial charge in [0.15, 0.2) is 0 Å². The molecule has 2 N–H and O–H groups in total. The lowest BCUT2D eigenvalue weighted by molar-refractivity contribution is -0.142. The molecule has 1 rings (SSSR count). The first-order chi connectivity index (χ1) is 9.00. The molecule has 0 spiro atoms. The van der Waals surface area contributed by atoms with Crippen LogP contribution in [-0.2, 0) is 9.59 Å². The highest BCUT2D eigenvalue weighted by molar-refractivity contribution is 5.79. The second kappa shape index (κ2) is 7.94. The molecule has 1 aliphatic carbocycles. The number of carbonyl (C=O) groups excluding carboxylic acids is 1. The summed E-state index contributed by atoms with van der Waals surface area (Å²) < 4.78 is 0. The zero-order valence-electron chi connectivity index (χ0n) is 11.8. The van der Waals surface area contributed by atoms with Crippen molar-refractivity contribution in [2.24, 2.45) is 0 Å². The van der Waals surface area contributed by atoms with Crippen molar-refractivity contribution in [3.63, 3.8) is 0 Å². The van der Waals surface area contributed by atoms with E-state index in [4.69, 9.17) is 5.11 Å². The number of likely N-dealkylation sites (N-methyl/N-ethyl adjacent to an activating group) is 1. The van der Waals surface area contributed by atoms with E-state index in [1.54, 1.807) is 14.0 Å². The van der Waals surface area contributed by atoms with Crippen molar-refractivity contribution in [3.05, 3.63) is 11.6 Å². The van der Waals surface area contributed by atoms with Gasteiger partial charge in [0.25, 0.3) is 0 Å². The fourth-order valence-electron chi connectivity index (χ4n) is 2.10. The van der Waals surface area contributed by atoms with Crippen molar-refractivity contribution in [2.75, 3.05) is 20.1 Å². The minimum Gasteiger partial charge on any atom is -0.480 e. The van der Waals surface area contributed by atoms with Crippen LogP contribution in [0.5, 0.6) is 0 Å². The fraction of sp³-hybridized carbons (Fsp3) is 0.714. The molecule has 0 aromatic carbocycles. The van der Waals surface area contributed by atoms with Crippen molar-refractivity contribution < 1.29 is 14.7 Å². The highest BCUT2D eigenvalue weighted by Gasteiger charge is 2.18. The lowest BCUT2D eigenvalue weighted by Gasteiger charge is -2.20. The summed E-state index contributed by atoms with van der Waals surface area (Å²) in [6.07, 6.45) is 8.00. The van der Waals surface area contributed by atoms with Gasteiger partial charge in [0.1, 0.15) is 6.04 Å². The molecule has 0 aromatic rings. The van der Waals surface area contributed by atoms with Gasteiger partial charge in [0, 0.05) is 6.54 Å². The van der Waals surface area contributed by atoms with Crippen LogP contribution in [0.3, 0.4) is 0 Å². The molecule has 19 heavy (non-hydrogen) atoms. The minimum absolute atomic E-state index is 0.118. The zero-order chi connectivity index (χ0) is 14.3. The number of carboxylic acid groups (broad SMARTS) is 1. The second-order valence-electron chi connectivity index (χ2n) is 5.14. The summed E-state index contributed by atoms with van der Waals surface area (Å²) in [7, 11) is 1.64. The second-order valence-corrected chi connectivity index (χ2v) is 5.14. The van der Waals surface area contributed by atoms with Gasteiger partial charge in [0.05, 0.1) is 6.54 Å². The number of nitrogens with one attached hydrogen (secondary N) is 1. The van der Waals surface area contributed by atoms with E-state index >= 15 is 0 Å². The molecule has 1 amide bonds. The van der Waals surface area contributed by atoms with Gasteiger partial charge >= 0.3 is 5.97 Å². The number of carbonyl (C=O) groups is 2. The summed E-state index contributed by atoms with van der Waals surface area (Å²) in [6.45, 7) is 2.33. The largest absolute Gasteiger partial charge is 0.480 e. The van der Waals surface area contributed by atoms with Crippen molar-refractivity contribution >= 4 is 11.9 Å². The van der Waals surface area contributed by atoms with Gasteiger partial charge in [-0.05, 0) is 46.1 Å². The van der Waals surface area contributed by atoms with E-state index < -0.39 is 12.0 Å². The Bertz CT molecular complexity index is 353. The molecule has 0 saturated carbocycles. The quantitative estimate of drug-likeness (QED) is 0.685. The zero-order valence-corrected chi connectivity index (χ0v) is 11.8. The molecule has 1 aliphatic rings. The van der Waals surface area contributed by atoms with Crippen LogP contribution in [0.1, 0.15) is 39.0 Å². The standard InChI is InChI=1S/C14H24N2O3/c1-11(14(18)19)16(2)10-13(17)15-9-8-12-6-4-3-5-7-12/h6,11H,3-5,7-10H2,1-2H3,(H,15,17)(H,18,19). The number of nitrogens with zero attached hydrogens (tertiary/aromatic N) is 1. The van der Waals surface area contributed by atoms with E-state index in [0.717, 1.165) is 19.3 Å². The van der Waals surface area contributed by atoms with Crippen molar-refractivity contribution in [2.45, 2.75) is 45.1 Å². The summed E-state index contributed by atoms with van der Waals surface area (Å²) in [5, 5.41) is 11.7. The van der Waals surface area contributed by atoms with E-state index in [2.05, 4.69) is 11.4 Å². The Hall–Kier alpha value is -1.36. The molecule has 0 heterocycles. The first-order valence-corrected chi connectivity index (χ1v) is 6.88. The van der Waals surface area contributed by atoms with E-state index in [1.807, 2.05) is 0 Å². The van der Waals surface area contributed by atoms with Gasteiger partial charge in [-0.15, -0.1) is 0 Å². The van der Waals surface area contributed by atoms with E-state index in [-0.39, 0.29) is 12.5 Å². The molecule has 108 valence electrons. The van der Waals surface area contributed by atoms with Crippen molar-refractivity contribution in [1.29, 1.82) is 0 Å². The van der Waals surface area contributed by atoms with Gasteiger partial charge in [-0.1, -0.05) is 11.6 Å². The van der Waals surface area contributed by atoms with Gasteiger partial charge in [-0.25, -0.2) is 0 Å². The van der Waals surface area contributed by atoms with Crippen LogP contribution < -0.4 is 5.32 Å². The number of rotatable bonds is 7. The van der Waals surface area contributed by atoms with Gasteiger partial charge in [-0.2, -0.15) is 0 Å². The van der Waals surface area contributed by atoms with Crippen LogP contribution in [0.4, 0.5) is 0 Å². The molecule has 0 fully saturated rings. The molecule has 5 nitrogen and oxygen atoms in total. The topological polar surface area (TPSA) is 69.6 Å². The summed E-state index contributed by atoms with van der Waals surface area (Å²) in [5.41, 5.74) is 1.43. The summed E-state index contributed by atoms with van der Waals surface area (Å²) in [5.74, 6) is -1.03. The number of aliphatic carboxylic acids is 1. The Morgan fingerprint density at radius 1 is 1.47 bits per heavy atom. The average Bonchev–Trinajstić information content (AvgIpc) is 2.38. The Labute approximate surface area is 114 Å². The van der Waals surface area contributed by atoms with E-state index in [1.165, 1.54) is 23.3 Å². The Morgan fingerprint density at radius 3 is 2.79 bits per heavy atom. The maximum atomic E-state index is 11.7. The molecule has 0 saturated heterocycles. The number of allylic oxidation sites excluding steroid dienone is 1. The van der Waals surface area contributed by atoms with Crippen molar-refractivity contribution in [1.82, 2.24) is 10.2 Å². The van der Waals surface area contributed by atoms with Gasteiger partial charge < -0.3 is 10.4 Å². The average molecular weight is 268 g/mol. The van der Waals surface area contributed by atoms with E-state index in [9.17, 15) is 9.59 Å². The molecule has 0 aromatic heterocycles. The van der Waals surface area contributed by atoms with Crippen LogP contribution in [0.15, 0.2) is 11.6 Å². The fourth-order valence-corrected chi connectivity index (χ4v) is 2.10. The lowest BCUT2D eigenvalue weighted by Crippen LogP contribution is -2.43. The molecular formula is C14H24N2O3. The Morgan fingerprint density at radius 2 is 2.21 bits per heavy atom.